The van der Waals surface area contributed by atoms with Gasteiger partial charge in [0.15, 0.2) is 0 Å². The van der Waals surface area contributed by atoms with E-state index < -0.39 is 0 Å². The van der Waals surface area contributed by atoms with Gasteiger partial charge in [-0.25, -0.2) is 0 Å². The van der Waals surface area contributed by atoms with Crippen LogP contribution < -0.4 is 5.32 Å². The monoisotopic (exact) mass is 214 g/mol. The molecule has 0 saturated carbocycles. The zero-order valence-electron chi connectivity index (χ0n) is 9.70. The van der Waals surface area contributed by atoms with Crippen LogP contribution >= 0.6 is 0 Å². The Morgan fingerprint density at radius 2 is 2.40 bits per heavy atom. The first-order valence-electron chi connectivity index (χ1n) is 5.81. The number of nitrogens with zero attached hydrogens (tertiary/aromatic N) is 1. The number of carbonyl (C=O) groups is 1. The van der Waals surface area contributed by atoms with Gasteiger partial charge in [-0.2, -0.15) is 0 Å². The molecule has 1 fully saturated rings. The molecular weight excluding hydrogens is 192 g/mol. The topological polar surface area (TPSA) is 52.6 Å². The van der Waals surface area contributed by atoms with E-state index in [0.29, 0.717) is 6.54 Å². The highest BCUT2D eigenvalue weighted by molar-refractivity contribution is 5.78. The molecule has 1 amide bonds. The molecule has 4 heteroatoms. The number of likely N-dealkylation sites (tertiary alicyclic amines) is 1. The van der Waals surface area contributed by atoms with Gasteiger partial charge in [0.05, 0.1) is 13.2 Å². The lowest BCUT2D eigenvalue weighted by Gasteiger charge is -2.22. The first kappa shape index (κ1) is 12.5. The Bertz CT molecular complexity index is 209. The molecule has 0 aliphatic carbocycles. The molecule has 1 unspecified atom stereocenters. The molecule has 88 valence electrons. The molecule has 2 N–H and O–H groups in total. The van der Waals surface area contributed by atoms with Gasteiger partial charge in [0.25, 0.3) is 0 Å². The van der Waals surface area contributed by atoms with Gasteiger partial charge >= 0.3 is 0 Å². The van der Waals surface area contributed by atoms with Crippen molar-refractivity contribution in [2.75, 3.05) is 19.7 Å². The van der Waals surface area contributed by atoms with E-state index in [4.69, 9.17) is 5.11 Å². The van der Waals surface area contributed by atoms with Crippen molar-refractivity contribution in [3.63, 3.8) is 0 Å². The van der Waals surface area contributed by atoms with Crippen molar-refractivity contribution in [1.29, 1.82) is 0 Å². The molecule has 1 rings (SSSR count). The van der Waals surface area contributed by atoms with E-state index in [1.165, 1.54) is 0 Å². The SMILES string of the molecule is CCC(C)NC(=O)CN1CCC[C@H]1CO. The van der Waals surface area contributed by atoms with Crippen LogP contribution in [0.4, 0.5) is 0 Å². The van der Waals surface area contributed by atoms with Crippen molar-refractivity contribution < 1.29 is 9.90 Å². The third-order valence-corrected chi connectivity index (χ3v) is 3.08. The van der Waals surface area contributed by atoms with Crippen LogP contribution in [0.3, 0.4) is 0 Å². The van der Waals surface area contributed by atoms with Crippen molar-refractivity contribution in [3.8, 4) is 0 Å². The highest BCUT2D eigenvalue weighted by atomic mass is 16.3. The van der Waals surface area contributed by atoms with Crippen LogP contribution in [0.2, 0.25) is 0 Å². The number of aliphatic hydroxyl groups is 1. The molecule has 2 atom stereocenters. The fourth-order valence-electron chi connectivity index (χ4n) is 1.92. The molecule has 1 aliphatic heterocycles. The van der Waals surface area contributed by atoms with Crippen LogP contribution in [-0.4, -0.2) is 47.7 Å². The lowest BCUT2D eigenvalue weighted by molar-refractivity contribution is -0.123. The summed E-state index contributed by atoms with van der Waals surface area (Å²) in [5.74, 6) is 0.0738. The molecule has 0 aromatic rings. The van der Waals surface area contributed by atoms with E-state index in [2.05, 4.69) is 17.1 Å². The van der Waals surface area contributed by atoms with E-state index in [0.717, 1.165) is 25.8 Å². The van der Waals surface area contributed by atoms with Crippen LogP contribution in [0, 0.1) is 0 Å². The summed E-state index contributed by atoms with van der Waals surface area (Å²) in [7, 11) is 0. The lowest BCUT2D eigenvalue weighted by atomic mass is 10.2. The van der Waals surface area contributed by atoms with Crippen LogP contribution in [0.15, 0.2) is 0 Å². The number of nitrogens with one attached hydrogen (secondary N) is 1. The number of carbonyl (C=O) groups excluding carboxylic acids is 1. The first-order chi connectivity index (χ1) is 7.17. The quantitative estimate of drug-likeness (QED) is 0.694. The highest BCUT2D eigenvalue weighted by Crippen LogP contribution is 2.15. The summed E-state index contributed by atoms with van der Waals surface area (Å²) >= 11 is 0. The van der Waals surface area contributed by atoms with Crippen LogP contribution in [0.25, 0.3) is 0 Å². The first-order valence-corrected chi connectivity index (χ1v) is 5.81. The predicted octanol–water partition coefficient (Wildman–Crippen LogP) is 0.358. The summed E-state index contributed by atoms with van der Waals surface area (Å²) in [4.78, 5) is 13.7. The molecule has 1 heterocycles. The fraction of sp³-hybridized carbons (Fsp3) is 0.909. The van der Waals surface area contributed by atoms with Crippen LogP contribution in [-0.2, 0) is 4.79 Å². The lowest BCUT2D eigenvalue weighted by Crippen LogP contribution is -2.43. The minimum absolute atomic E-state index is 0.0738. The largest absolute Gasteiger partial charge is 0.395 e. The minimum Gasteiger partial charge on any atom is -0.395 e. The van der Waals surface area contributed by atoms with E-state index in [1.807, 2.05) is 6.92 Å². The zero-order chi connectivity index (χ0) is 11.3. The molecule has 0 aromatic heterocycles. The highest BCUT2D eigenvalue weighted by Gasteiger charge is 2.25. The minimum atomic E-state index is 0.0738. The molecule has 0 spiro atoms. The van der Waals surface area contributed by atoms with E-state index in [1.54, 1.807) is 0 Å². The maximum absolute atomic E-state index is 11.6. The molecule has 1 aliphatic rings. The van der Waals surface area contributed by atoms with Crippen molar-refractivity contribution >= 4 is 5.91 Å². The van der Waals surface area contributed by atoms with Gasteiger partial charge in [-0.1, -0.05) is 6.92 Å². The number of hydrogen-bond acceptors (Lipinski definition) is 3. The predicted molar refractivity (Wildman–Crippen MR) is 59.6 cm³/mol. The number of amides is 1. The van der Waals surface area contributed by atoms with Crippen LogP contribution in [0.5, 0.6) is 0 Å². The normalized spacial score (nSPS) is 24.1. The van der Waals surface area contributed by atoms with Crippen LogP contribution in [0.1, 0.15) is 33.1 Å². The van der Waals surface area contributed by atoms with Crippen molar-refractivity contribution in [3.05, 3.63) is 0 Å². The van der Waals surface area contributed by atoms with E-state index in [9.17, 15) is 4.79 Å². The third-order valence-electron chi connectivity index (χ3n) is 3.08. The summed E-state index contributed by atoms with van der Waals surface area (Å²) in [6.07, 6.45) is 3.05. The van der Waals surface area contributed by atoms with Crippen molar-refractivity contribution in [2.45, 2.75) is 45.2 Å². The Labute approximate surface area is 91.6 Å². The Morgan fingerprint density at radius 1 is 1.67 bits per heavy atom. The van der Waals surface area contributed by atoms with Crippen molar-refractivity contribution in [2.24, 2.45) is 0 Å². The molecule has 15 heavy (non-hydrogen) atoms. The second-order valence-corrected chi connectivity index (χ2v) is 4.33. The maximum Gasteiger partial charge on any atom is 0.234 e. The second-order valence-electron chi connectivity index (χ2n) is 4.33. The Kier molecular flexibility index (Phi) is 5.05. The van der Waals surface area contributed by atoms with Gasteiger partial charge in [0.2, 0.25) is 5.91 Å². The van der Waals surface area contributed by atoms with E-state index >= 15 is 0 Å². The summed E-state index contributed by atoms with van der Waals surface area (Å²) in [5, 5.41) is 12.0. The summed E-state index contributed by atoms with van der Waals surface area (Å²) < 4.78 is 0. The molecule has 0 radical (unpaired) electrons. The smallest absolute Gasteiger partial charge is 0.234 e. The van der Waals surface area contributed by atoms with E-state index in [-0.39, 0.29) is 24.6 Å². The number of hydrogen-bond donors (Lipinski definition) is 2. The second kappa shape index (κ2) is 6.08. The average molecular weight is 214 g/mol. The van der Waals surface area contributed by atoms with Gasteiger partial charge in [0, 0.05) is 12.1 Å². The Morgan fingerprint density at radius 3 is 3.00 bits per heavy atom. The zero-order valence-corrected chi connectivity index (χ0v) is 9.70. The standard InChI is InChI=1S/C11H22N2O2/c1-3-9(2)12-11(15)7-13-6-4-5-10(13)8-14/h9-10,14H,3-8H2,1-2H3,(H,12,15)/t9?,10-/m0/s1. The number of aliphatic hydroxyl groups excluding tert-OH is 1. The summed E-state index contributed by atoms with van der Waals surface area (Å²) in [5.41, 5.74) is 0. The van der Waals surface area contributed by atoms with Gasteiger partial charge in [-0.05, 0) is 32.7 Å². The van der Waals surface area contributed by atoms with Gasteiger partial charge in [-0.15, -0.1) is 0 Å². The molecule has 1 saturated heterocycles. The Balaban J connectivity index is 2.30. The summed E-state index contributed by atoms with van der Waals surface area (Å²) in [6.45, 7) is 5.58. The Hall–Kier alpha value is -0.610. The van der Waals surface area contributed by atoms with Gasteiger partial charge in [0.1, 0.15) is 0 Å². The van der Waals surface area contributed by atoms with Gasteiger partial charge < -0.3 is 10.4 Å². The number of rotatable bonds is 5. The van der Waals surface area contributed by atoms with Crippen molar-refractivity contribution in [1.82, 2.24) is 10.2 Å². The molecule has 0 aromatic carbocycles. The molecular formula is C11H22N2O2. The average Bonchev–Trinajstić information content (AvgIpc) is 2.64. The molecule has 0 bridgehead atoms. The fourth-order valence-corrected chi connectivity index (χ4v) is 1.92. The maximum atomic E-state index is 11.6. The summed E-state index contributed by atoms with van der Waals surface area (Å²) in [6, 6.07) is 0.431. The van der Waals surface area contributed by atoms with Gasteiger partial charge in [-0.3, -0.25) is 9.69 Å². The molecule has 4 nitrogen and oxygen atoms in total. The third kappa shape index (κ3) is 3.80.